The first-order chi connectivity index (χ1) is 17.6. The van der Waals surface area contributed by atoms with Crippen LogP contribution in [0.1, 0.15) is 36.7 Å². The van der Waals surface area contributed by atoms with E-state index in [9.17, 15) is 19.2 Å². The highest BCUT2D eigenvalue weighted by Gasteiger charge is 2.50. The zero-order valence-electron chi connectivity index (χ0n) is 20.9. The first kappa shape index (κ1) is 25.4. The second-order valence-electron chi connectivity index (χ2n) is 9.29. The predicted molar refractivity (Wildman–Crippen MR) is 141 cm³/mol. The van der Waals surface area contributed by atoms with E-state index >= 15 is 0 Å². The molecule has 0 aromatic heterocycles. The standard InChI is InChI=1S/C28H29N5O4/c1-18(2)33(23-14-12-22(13-15-23)30-21-10-5-4-6-11-21)24(34)17-32-26(36)28(3,31-27(32)37)20-9-7-8-19(16-20)25(29)35/h4-16,18,30H,17H2,1-3H3,(H2,29,35)(H,31,37). The lowest BCUT2D eigenvalue weighted by atomic mass is 9.90. The number of para-hydroxylation sites is 1. The summed E-state index contributed by atoms with van der Waals surface area (Å²) in [5.74, 6) is -1.64. The molecule has 1 saturated heterocycles. The van der Waals surface area contributed by atoms with Gasteiger partial charge in [0, 0.05) is 28.7 Å². The molecule has 1 aliphatic heterocycles. The maximum absolute atomic E-state index is 13.4. The van der Waals surface area contributed by atoms with Crippen LogP contribution in [-0.4, -0.2) is 41.2 Å². The minimum Gasteiger partial charge on any atom is -0.366 e. The van der Waals surface area contributed by atoms with Gasteiger partial charge in [-0.25, -0.2) is 4.79 Å². The van der Waals surface area contributed by atoms with Gasteiger partial charge in [-0.3, -0.25) is 19.3 Å². The van der Waals surface area contributed by atoms with Gasteiger partial charge in [-0.2, -0.15) is 0 Å². The quantitative estimate of drug-likeness (QED) is 0.407. The topological polar surface area (TPSA) is 125 Å². The Balaban J connectivity index is 1.52. The molecule has 9 nitrogen and oxygen atoms in total. The minimum atomic E-state index is -1.43. The van der Waals surface area contributed by atoms with Crippen LogP contribution in [0.5, 0.6) is 0 Å². The lowest BCUT2D eigenvalue weighted by Gasteiger charge is -2.29. The molecule has 1 aliphatic rings. The molecule has 0 radical (unpaired) electrons. The largest absolute Gasteiger partial charge is 0.366 e. The van der Waals surface area contributed by atoms with Crippen LogP contribution in [0.3, 0.4) is 0 Å². The molecule has 0 spiro atoms. The lowest BCUT2D eigenvalue weighted by molar-refractivity contribution is -0.134. The lowest BCUT2D eigenvalue weighted by Crippen LogP contribution is -2.46. The number of nitrogens with zero attached hydrogens (tertiary/aromatic N) is 2. The zero-order chi connectivity index (χ0) is 26.7. The van der Waals surface area contributed by atoms with Crippen LogP contribution in [0, 0.1) is 0 Å². The third-order valence-electron chi connectivity index (χ3n) is 6.29. The second-order valence-corrected chi connectivity index (χ2v) is 9.29. The maximum atomic E-state index is 13.4. The van der Waals surface area contributed by atoms with Gasteiger partial charge in [-0.15, -0.1) is 0 Å². The Morgan fingerprint density at radius 1 is 0.973 bits per heavy atom. The summed E-state index contributed by atoms with van der Waals surface area (Å²) >= 11 is 0. The van der Waals surface area contributed by atoms with Crippen molar-refractivity contribution in [2.24, 2.45) is 5.73 Å². The molecule has 5 amide bonds. The number of anilines is 3. The second kappa shape index (κ2) is 10.1. The molecule has 9 heteroatoms. The fraction of sp³-hybridized carbons (Fsp3) is 0.214. The molecule has 1 unspecified atom stereocenters. The highest BCUT2D eigenvalue weighted by atomic mass is 16.2. The van der Waals surface area contributed by atoms with Crippen molar-refractivity contribution in [2.75, 3.05) is 16.8 Å². The number of urea groups is 1. The number of nitrogens with one attached hydrogen (secondary N) is 2. The average Bonchev–Trinajstić information content (AvgIpc) is 3.09. The van der Waals surface area contributed by atoms with Gasteiger partial charge in [0.15, 0.2) is 0 Å². The Kier molecular flexibility index (Phi) is 6.97. The van der Waals surface area contributed by atoms with E-state index in [4.69, 9.17) is 5.73 Å². The molecule has 1 atom stereocenters. The maximum Gasteiger partial charge on any atom is 0.325 e. The molecule has 4 N–H and O–H groups in total. The van der Waals surface area contributed by atoms with Crippen LogP contribution in [0.15, 0.2) is 78.9 Å². The number of hydrogen-bond donors (Lipinski definition) is 3. The summed E-state index contributed by atoms with van der Waals surface area (Å²) in [6.45, 7) is 4.83. The highest BCUT2D eigenvalue weighted by molar-refractivity contribution is 6.10. The van der Waals surface area contributed by atoms with E-state index in [-0.39, 0.29) is 11.6 Å². The summed E-state index contributed by atoms with van der Waals surface area (Å²) in [6.07, 6.45) is 0. The Labute approximate surface area is 215 Å². The first-order valence-corrected chi connectivity index (χ1v) is 11.9. The van der Waals surface area contributed by atoms with E-state index in [0.717, 1.165) is 16.3 Å². The summed E-state index contributed by atoms with van der Waals surface area (Å²) in [6, 6.07) is 22.4. The van der Waals surface area contributed by atoms with E-state index in [2.05, 4.69) is 10.6 Å². The molecule has 1 fully saturated rings. The summed E-state index contributed by atoms with van der Waals surface area (Å²) in [5.41, 5.74) is 6.99. The van der Waals surface area contributed by atoms with Crippen molar-refractivity contribution in [1.82, 2.24) is 10.2 Å². The Hall–Kier alpha value is -4.66. The van der Waals surface area contributed by atoms with Gasteiger partial charge < -0.3 is 21.3 Å². The number of nitrogens with two attached hydrogens (primary N) is 1. The molecule has 190 valence electrons. The first-order valence-electron chi connectivity index (χ1n) is 11.9. The Morgan fingerprint density at radius 3 is 2.24 bits per heavy atom. The van der Waals surface area contributed by atoms with Crippen molar-refractivity contribution in [2.45, 2.75) is 32.4 Å². The van der Waals surface area contributed by atoms with Gasteiger partial charge in [0.05, 0.1) is 0 Å². The van der Waals surface area contributed by atoms with E-state index < -0.39 is 35.8 Å². The number of rotatable bonds is 8. The summed E-state index contributed by atoms with van der Waals surface area (Å²) < 4.78 is 0. The predicted octanol–water partition coefficient (Wildman–Crippen LogP) is 3.74. The van der Waals surface area contributed by atoms with Crippen molar-refractivity contribution in [1.29, 1.82) is 0 Å². The molecular formula is C28H29N5O4. The monoisotopic (exact) mass is 499 g/mol. The van der Waals surface area contributed by atoms with Crippen LogP contribution in [0.2, 0.25) is 0 Å². The SMILES string of the molecule is CC(C)N(C(=O)CN1C(=O)NC(C)(c2cccc(C(N)=O)c2)C1=O)c1ccc(Nc2ccccc2)cc1. The molecule has 3 aromatic carbocycles. The Morgan fingerprint density at radius 2 is 1.62 bits per heavy atom. The molecule has 4 rings (SSSR count). The van der Waals surface area contributed by atoms with Crippen molar-refractivity contribution < 1.29 is 19.2 Å². The van der Waals surface area contributed by atoms with Gasteiger partial charge in [0.25, 0.3) is 5.91 Å². The normalized spacial score (nSPS) is 17.0. The number of amides is 5. The highest BCUT2D eigenvalue weighted by Crippen LogP contribution is 2.30. The van der Waals surface area contributed by atoms with Crippen LogP contribution in [0.25, 0.3) is 0 Å². The summed E-state index contributed by atoms with van der Waals surface area (Å²) in [7, 11) is 0. The number of carbonyl (C=O) groups excluding carboxylic acids is 4. The molecule has 3 aromatic rings. The molecule has 0 saturated carbocycles. The fourth-order valence-electron chi connectivity index (χ4n) is 4.35. The van der Waals surface area contributed by atoms with Crippen LogP contribution >= 0.6 is 0 Å². The number of carbonyl (C=O) groups is 4. The smallest absolute Gasteiger partial charge is 0.325 e. The zero-order valence-corrected chi connectivity index (χ0v) is 20.9. The van der Waals surface area contributed by atoms with Gasteiger partial charge in [-0.05, 0) is 74.9 Å². The minimum absolute atomic E-state index is 0.214. The molecule has 37 heavy (non-hydrogen) atoms. The third-order valence-corrected chi connectivity index (χ3v) is 6.29. The van der Waals surface area contributed by atoms with Gasteiger partial charge in [0.2, 0.25) is 11.8 Å². The number of hydrogen-bond acceptors (Lipinski definition) is 5. The average molecular weight is 500 g/mol. The van der Waals surface area contributed by atoms with E-state index in [0.29, 0.717) is 11.3 Å². The van der Waals surface area contributed by atoms with Crippen molar-refractivity contribution in [3.63, 3.8) is 0 Å². The third kappa shape index (κ3) is 5.16. The van der Waals surface area contributed by atoms with Crippen LogP contribution in [-0.2, 0) is 15.1 Å². The van der Waals surface area contributed by atoms with E-state index in [1.54, 1.807) is 17.0 Å². The molecule has 0 bridgehead atoms. The number of imide groups is 1. The van der Waals surface area contributed by atoms with Gasteiger partial charge in [-0.1, -0.05) is 30.3 Å². The van der Waals surface area contributed by atoms with E-state index in [1.807, 2.05) is 68.4 Å². The fourth-order valence-corrected chi connectivity index (χ4v) is 4.35. The Bertz CT molecular complexity index is 1340. The van der Waals surface area contributed by atoms with Gasteiger partial charge in [0.1, 0.15) is 12.1 Å². The molecule has 1 heterocycles. The van der Waals surface area contributed by atoms with Crippen molar-refractivity contribution in [3.8, 4) is 0 Å². The van der Waals surface area contributed by atoms with Crippen LogP contribution in [0.4, 0.5) is 21.9 Å². The van der Waals surface area contributed by atoms with Gasteiger partial charge >= 0.3 is 6.03 Å². The molecular weight excluding hydrogens is 470 g/mol. The molecule has 0 aliphatic carbocycles. The van der Waals surface area contributed by atoms with Crippen molar-refractivity contribution >= 4 is 40.8 Å². The van der Waals surface area contributed by atoms with Crippen LogP contribution < -0.4 is 21.3 Å². The summed E-state index contributed by atoms with van der Waals surface area (Å²) in [4.78, 5) is 53.6. The van der Waals surface area contributed by atoms with E-state index in [1.165, 1.54) is 19.1 Å². The van der Waals surface area contributed by atoms with Crippen molar-refractivity contribution in [3.05, 3.63) is 90.0 Å². The number of primary amides is 1. The number of benzene rings is 3. The summed E-state index contributed by atoms with van der Waals surface area (Å²) in [5, 5.41) is 5.96.